The minimum atomic E-state index is 0.908. The number of rotatable bonds is 4. The summed E-state index contributed by atoms with van der Waals surface area (Å²) in [5.74, 6) is 0. The van der Waals surface area contributed by atoms with Crippen molar-refractivity contribution < 1.29 is 4.42 Å². The van der Waals surface area contributed by atoms with Crippen LogP contribution in [0.1, 0.15) is 0 Å². The quantitative estimate of drug-likeness (QED) is 0.178. The highest BCUT2D eigenvalue weighted by Crippen LogP contribution is 2.46. The van der Waals surface area contributed by atoms with Crippen molar-refractivity contribution in [1.82, 2.24) is 0 Å². The maximum absolute atomic E-state index is 6.25. The molecule has 0 amide bonds. The summed E-state index contributed by atoms with van der Waals surface area (Å²) in [6.07, 6.45) is 0. The fourth-order valence-electron chi connectivity index (χ4n) is 7.79. The van der Waals surface area contributed by atoms with E-state index in [9.17, 15) is 0 Å². The summed E-state index contributed by atoms with van der Waals surface area (Å²) in [6, 6.07) is 65.9. The summed E-state index contributed by atoms with van der Waals surface area (Å²) in [5.41, 5.74) is 11.6. The summed E-state index contributed by atoms with van der Waals surface area (Å²) in [5, 5.41) is 9.73. The van der Waals surface area contributed by atoms with E-state index in [-0.39, 0.29) is 0 Å². The van der Waals surface area contributed by atoms with Gasteiger partial charge in [-0.1, -0.05) is 158 Å². The molecule has 0 aliphatic rings. The summed E-state index contributed by atoms with van der Waals surface area (Å²) >= 11 is 0. The smallest absolute Gasteiger partial charge is 0.135 e. The Hall–Kier alpha value is -6.44. The van der Waals surface area contributed by atoms with Gasteiger partial charge in [-0.3, -0.25) is 0 Å². The van der Waals surface area contributed by atoms with Gasteiger partial charge in [0.15, 0.2) is 0 Å². The number of hydrogen-bond acceptors (Lipinski definition) is 1. The molecule has 0 aliphatic carbocycles. The number of para-hydroxylation sites is 1. The van der Waals surface area contributed by atoms with Crippen LogP contribution in [0.5, 0.6) is 0 Å². The van der Waals surface area contributed by atoms with Gasteiger partial charge in [-0.2, -0.15) is 0 Å². The maximum atomic E-state index is 6.25. The second-order valence-electron chi connectivity index (χ2n) is 12.8. The molecule has 0 unspecified atom stereocenters. The Morgan fingerprint density at radius 1 is 0.265 bits per heavy atom. The summed E-state index contributed by atoms with van der Waals surface area (Å²) in [7, 11) is 0. The number of fused-ring (bicyclic) bond motifs is 6. The van der Waals surface area contributed by atoms with E-state index >= 15 is 0 Å². The Kier molecular flexibility index (Phi) is 6.25. The third-order valence-corrected chi connectivity index (χ3v) is 10.1. The molecule has 228 valence electrons. The number of furan rings is 1. The lowest BCUT2D eigenvalue weighted by atomic mass is 9.84. The van der Waals surface area contributed by atoms with Crippen LogP contribution in [0, 0.1) is 0 Å². The molecule has 0 bridgehead atoms. The van der Waals surface area contributed by atoms with Crippen LogP contribution in [0.25, 0.3) is 98.8 Å². The molecule has 49 heavy (non-hydrogen) atoms. The fraction of sp³-hybridized carbons (Fsp3) is 0. The molecule has 0 saturated carbocycles. The van der Waals surface area contributed by atoms with E-state index in [4.69, 9.17) is 4.42 Å². The minimum Gasteiger partial charge on any atom is -0.456 e. The molecule has 0 spiro atoms. The highest BCUT2D eigenvalue weighted by Gasteiger charge is 2.19. The molecule has 0 aliphatic heterocycles. The predicted octanol–water partition coefficient (Wildman–Crippen LogP) is 13.7. The summed E-state index contributed by atoms with van der Waals surface area (Å²) < 4.78 is 6.25. The van der Waals surface area contributed by atoms with Crippen LogP contribution < -0.4 is 0 Å². The second-order valence-corrected chi connectivity index (χ2v) is 12.8. The lowest BCUT2D eigenvalue weighted by Gasteiger charge is -2.19. The van der Waals surface area contributed by atoms with E-state index in [1.54, 1.807) is 0 Å². The summed E-state index contributed by atoms with van der Waals surface area (Å²) in [4.78, 5) is 0. The maximum Gasteiger partial charge on any atom is 0.135 e. The van der Waals surface area contributed by atoms with Crippen LogP contribution in [-0.4, -0.2) is 0 Å². The molecule has 1 heterocycles. The van der Waals surface area contributed by atoms with Crippen LogP contribution in [-0.2, 0) is 0 Å². The Balaban J connectivity index is 1.29. The van der Waals surface area contributed by atoms with Gasteiger partial charge >= 0.3 is 0 Å². The largest absolute Gasteiger partial charge is 0.456 e. The van der Waals surface area contributed by atoms with E-state index < -0.39 is 0 Å². The van der Waals surface area contributed by atoms with Crippen molar-refractivity contribution in [3.05, 3.63) is 182 Å². The van der Waals surface area contributed by atoms with E-state index in [1.165, 1.54) is 76.8 Å². The average Bonchev–Trinajstić information content (AvgIpc) is 3.55. The van der Waals surface area contributed by atoms with Gasteiger partial charge in [0, 0.05) is 10.8 Å². The second kappa shape index (κ2) is 11.1. The van der Waals surface area contributed by atoms with Gasteiger partial charge in [-0.05, 0) is 101 Å². The van der Waals surface area contributed by atoms with E-state index in [1.807, 2.05) is 12.1 Å². The molecule has 0 saturated heterocycles. The van der Waals surface area contributed by atoms with Crippen molar-refractivity contribution in [2.24, 2.45) is 0 Å². The molecule has 10 aromatic rings. The molecule has 0 atom stereocenters. The zero-order valence-electron chi connectivity index (χ0n) is 26.7. The lowest BCUT2D eigenvalue weighted by molar-refractivity contribution is 0.669. The van der Waals surface area contributed by atoms with Crippen LogP contribution in [0.4, 0.5) is 0 Å². The average molecular weight is 623 g/mol. The van der Waals surface area contributed by atoms with Crippen LogP contribution in [0.3, 0.4) is 0 Å². The van der Waals surface area contributed by atoms with Crippen LogP contribution >= 0.6 is 0 Å². The topological polar surface area (TPSA) is 13.1 Å². The molecule has 9 aromatic carbocycles. The van der Waals surface area contributed by atoms with Crippen molar-refractivity contribution in [2.75, 3.05) is 0 Å². The highest BCUT2D eigenvalue weighted by molar-refractivity contribution is 6.23. The van der Waals surface area contributed by atoms with Gasteiger partial charge in [-0.15, -0.1) is 0 Å². The van der Waals surface area contributed by atoms with E-state index in [2.05, 4.69) is 170 Å². The first-order valence-corrected chi connectivity index (χ1v) is 16.8. The van der Waals surface area contributed by atoms with E-state index in [0.717, 1.165) is 21.9 Å². The van der Waals surface area contributed by atoms with Crippen molar-refractivity contribution in [3.8, 4) is 44.5 Å². The molecule has 10 rings (SSSR count). The Labute approximate surface area is 284 Å². The monoisotopic (exact) mass is 622 g/mol. The third-order valence-electron chi connectivity index (χ3n) is 10.1. The van der Waals surface area contributed by atoms with Crippen LogP contribution in [0.2, 0.25) is 0 Å². The van der Waals surface area contributed by atoms with Gasteiger partial charge in [0.1, 0.15) is 11.2 Å². The van der Waals surface area contributed by atoms with Crippen molar-refractivity contribution in [2.45, 2.75) is 0 Å². The normalized spacial score (nSPS) is 11.7. The summed E-state index contributed by atoms with van der Waals surface area (Å²) in [6.45, 7) is 0. The Morgan fingerprint density at radius 2 is 0.796 bits per heavy atom. The van der Waals surface area contributed by atoms with Crippen molar-refractivity contribution in [3.63, 3.8) is 0 Å². The first-order chi connectivity index (χ1) is 24.3. The first-order valence-electron chi connectivity index (χ1n) is 16.8. The Morgan fingerprint density at radius 3 is 1.61 bits per heavy atom. The molecular formula is C48H30O. The SMILES string of the molecule is c1ccc(-c2ccc(-c3c4ccccc4c(-c4ccc5oc6ccccc6c5c4)c4cc(-c5cccc6ccccc56)ccc34)cc2)cc1. The molecule has 1 heteroatoms. The van der Waals surface area contributed by atoms with E-state index in [0.29, 0.717) is 0 Å². The van der Waals surface area contributed by atoms with Crippen LogP contribution in [0.15, 0.2) is 186 Å². The Bertz CT molecular complexity index is 2850. The lowest BCUT2D eigenvalue weighted by Crippen LogP contribution is -1.92. The molecular weight excluding hydrogens is 593 g/mol. The molecule has 1 aromatic heterocycles. The third kappa shape index (κ3) is 4.47. The zero-order valence-corrected chi connectivity index (χ0v) is 26.7. The minimum absolute atomic E-state index is 0.908. The van der Waals surface area contributed by atoms with Gasteiger partial charge in [0.25, 0.3) is 0 Å². The fourth-order valence-corrected chi connectivity index (χ4v) is 7.79. The first kappa shape index (κ1) is 27.7. The number of hydrogen-bond donors (Lipinski definition) is 0. The van der Waals surface area contributed by atoms with Gasteiger partial charge in [0.2, 0.25) is 0 Å². The van der Waals surface area contributed by atoms with Gasteiger partial charge in [-0.25, -0.2) is 0 Å². The van der Waals surface area contributed by atoms with Crippen molar-refractivity contribution >= 4 is 54.3 Å². The number of benzene rings is 9. The van der Waals surface area contributed by atoms with Gasteiger partial charge in [0.05, 0.1) is 0 Å². The zero-order chi connectivity index (χ0) is 32.3. The standard InChI is InChI=1S/C48H30O/c1-2-11-31(12-3-1)32-21-23-34(24-22-32)47-40-17-6-7-18-41(40)48(36-26-28-46-43(30-36)39-16-8-9-20-45(39)49-46)44-29-35(25-27-42(44)47)38-19-10-14-33-13-4-5-15-37(33)38/h1-30H. The highest BCUT2D eigenvalue weighted by atomic mass is 16.3. The molecule has 1 nitrogen and oxygen atoms in total. The molecule has 0 N–H and O–H groups in total. The van der Waals surface area contributed by atoms with Crippen molar-refractivity contribution in [1.29, 1.82) is 0 Å². The molecule has 0 radical (unpaired) electrons. The predicted molar refractivity (Wildman–Crippen MR) is 208 cm³/mol. The van der Waals surface area contributed by atoms with Gasteiger partial charge < -0.3 is 4.42 Å². The molecule has 0 fully saturated rings.